The zero-order valence-electron chi connectivity index (χ0n) is 18.4. The molecule has 1 aromatic carbocycles. The Bertz CT molecular complexity index is 1030. The maximum absolute atomic E-state index is 13.1. The lowest BCUT2D eigenvalue weighted by molar-refractivity contribution is 0.0927. The van der Waals surface area contributed by atoms with Gasteiger partial charge in [0.15, 0.2) is 0 Å². The van der Waals surface area contributed by atoms with Crippen LogP contribution in [0.4, 0.5) is 0 Å². The fourth-order valence-electron chi connectivity index (χ4n) is 4.72. The number of carbonyl (C=O) groups excluding carboxylic acids is 1. The van der Waals surface area contributed by atoms with E-state index in [-0.39, 0.29) is 11.9 Å². The van der Waals surface area contributed by atoms with Gasteiger partial charge in [0.2, 0.25) is 10.0 Å². The second-order valence-corrected chi connectivity index (χ2v) is 10.6. The monoisotopic (exact) mass is 444 g/mol. The van der Waals surface area contributed by atoms with Gasteiger partial charge in [0.05, 0.1) is 17.9 Å². The van der Waals surface area contributed by atoms with E-state index in [1.165, 1.54) is 19.3 Å². The molecule has 0 unspecified atom stereocenters. The zero-order valence-corrected chi connectivity index (χ0v) is 19.2. The number of nitrogens with one attached hydrogen (secondary N) is 1. The number of benzene rings is 1. The third-order valence-corrected chi connectivity index (χ3v) is 8.62. The van der Waals surface area contributed by atoms with Crippen LogP contribution in [0.25, 0.3) is 0 Å². The Morgan fingerprint density at radius 2 is 1.68 bits per heavy atom. The van der Waals surface area contributed by atoms with Crippen LogP contribution in [0.15, 0.2) is 29.2 Å². The predicted molar refractivity (Wildman–Crippen MR) is 120 cm³/mol. The van der Waals surface area contributed by atoms with E-state index in [2.05, 4.69) is 10.4 Å². The fourth-order valence-corrected chi connectivity index (χ4v) is 6.61. The predicted octanol–water partition coefficient (Wildman–Crippen LogP) is 3.40. The van der Waals surface area contributed by atoms with Crippen LogP contribution in [0.2, 0.25) is 0 Å². The summed E-state index contributed by atoms with van der Waals surface area (Å²) in [7, 11) is -3.51. The lowest BCUT2D eigenvalue weighted by atomic mass is 9.95. The Morgan fingerprint density at radius 3 is 2.32 bits per heavy atom. The molecule has 1 N–H and O–H groups in total. The van der Waals surface area contributed by atoms with E-state index < -0.39 is 10.0 Å². The van der Waals surface area contributed by atoms with Crippen molar-refractivity contribution in [3.8, 4) is 0 Å². The van der Waals surface area contributed by atoms with Crippen LogP contribution in [0.5, 0.6) is 0 Å². The average molecular weight is 445 g/mol. The molecule has 8 heteroatoms. The van der Waals surface area contributed by atoms with E-state index in [0.29, 0.717) is 41.5 Å². The number of rotatable bonds is 6. The number of aromatic nitrogens is 2. The Kier molecular flexibility index (Phi) is 6.48. The van der Waals surface area contributed by atoms with Crippen LogP contribution in [0, 0.1) is 13.8 Å². The van der Waals surface area contributed by atoms with Crippen molar-refractivity contribution >= 4 is 15.9 Å². The molecule has 2 aliphatic rings. The highest BCUT2D eigenvalue weighted by atomic mass is 32.2. The Balaban J connectivity index is 1.46. The van der Waals surface area contributed by atoms with Crippen molar-refractivity contribution in [1.82, 2.24) is 19.4 Å². The quantitative estimate of drug-likeness (QED) is 0.740. The first kappa shape index (κ1) is 22.0. The summed E-state index contributed by atoms with van der Waals surface area (Å²) in [5.74, 6) is -0.0245. The SMILES string of the molecule is Cc1nn(Cc2ccc(C(=O)NC3CCCCC3)cc2)c(C)c1S(=O)(=O)N1CCCC1. The van der Waals surface area contributed by atoms with E-state index in [1.807, 2.05) is 31.2 Å². The molecular weight excluding hydrogens is 412 g/mol. The van der Waals surface area contributed by atoms with Crippen LogP contribution in [0.3, 0.4) is 0 Å². The van der Waals surface area contributed by atoms with Crippen molar-refractivity contribution < 1.29 is 13.2 Å². The van der Waals surface area contributed by atoms with Crippen LogP contribution in [-0.2, 0) is 16.6 Å². The molecule has 1 amide bonds. The van der Waals surface area contributed by atoms with Crippen LogP contribution < -0.4 is 5.32 Å². The van der Waals surface area contributed by atoms with Crippen molar-refractivity contribution in [3.63, 3.8) is 0 Å². The number of carbonyl (C=O) groups is 1. The van der Waals surface area contributed by atoms with Gasteiger partial charge < -0.3 is 5.32 Å². The Morgan fingerprint density at radius 1 is 1.03 bits per heavy atom. The number of aryl methyl sites for hydroxylation is 1. The second kappa shape index (κ2) is 9.12. The van der Waals surface area contributed by atoms with E-state index in [1.54, 1.807) is 15.9 Å². The van der Waals surface area contributed by atoms with Crippen molar-refractivity contribution in [2.45, 2.75) is 76.3 Å². The van der Waals surface area contributed by atoms with Gasteiger partial charge in [0, 0.05) is 24.7 Å². The molecule has 2 heterocycles. The topological polar surface area (TPSA) is 84.3 Å². The first-order chi connectivity index (χ1) is 14.9. The summed E-state index contributed by atoms with van der Waals surface area (Å²) in [5.41, 5.74) is 2.82. The fraction of sp³-hybridized carbons (Fsp3) is 0.565. The molecule has 2 aromatic rings. The van der Waals surface area contributed by atoms with Crippen LogP contribution >= 0.6 is 0 Å². The standard InChI is InChI=1S/C23H32N4O3S/c1-17-22(31(29,30)26-14-6-7-15-26)18(2)27(25-17)16-19-10-12-20(13-11-19)23(28)24-21-8-4-3-5-9-21/h10-13,21H,3-9,14-16H2,1-2H3,(H,24,28). The molecule has 1 aliphatic heterocycles. The van der Waals surface area contributed by atoms with Gasteiger partial charge >= 0.3 is 0 Å². The summed E-state index contributed by atoms with van der Waals surface area (Å²) in [6.45, 7) is 5.19. The van der Waals surface area contributed by atoms with Gasteiger partial charge in [0.25, 0.3) is 5.91 Å². The number of amides is 1. The summed E-state index contributed by atoms with van der Waals surface area (Å²) in [6.07, 6.45) is 7.56. The maximum Gasteiger partial charge on any atom is 0.251 e. The summed E-state index contributed by atoms with van der Waals surface area (Å²) in [6, 6.07) is 7.79. The number of nitrogens with zero attached hydrogens (tertiary/aromatic N) is 3. The second-order valence-electron chi connectivity index (χ2n) is 8.77. The molecular formula is C23H32N4O3S. The Labute approximate surface area is 184 Å². The maximum atomic E-state index is 13.1. The molecule has 1 aromatic heterocycles. The highest BCUT2D eigenvalue weighted by molar-refractivity contribution is 7.89. The number of hydrogen-bond donors (Lipinski definition) is 1. The van der Waals surface area contributed by atoms with Gasteiger partial charge in [-0.25, -0.2) is 8.42 Å². The largest absolute Gasteiger partial charge is 0.349 e. The van der Waals surface area contributed by atoms with Gasteiger partial charge in [-0.3, -0.25) is 9.48 Å². The molecule has 7 nitrogen and oxygen atoms in total. The van der Waals surface area contributed by atoms with Crippen molar-refractivity contribution in [1.29, 1.82) is 0 Å². The minimum atomic E-state index is -3.51. The van der Waals surface area contributed by atoms with Gasteiger partial charge in [0.1, 0.15) is 4.90 Å². The van der Waals surface area contributed by atoms with E-state index in [9.17, 15) is 13.2 Å². The Hall–Kier alpha value is -2.19. The summed E-state index contributed by atoms with van der Waals surface area (Å²) >= 11 is 0. The van der Waals surface area contributed by atoms with Crippen molar-refractivity contribution in [3.05, 3.63) is 46.8 Å². The third-order valence-electron chi connectivity index (χ3n) is 6.47. The molecule has 0 spiro atoms. The number of sulfonamides is 1. The first-order valence-electron chi connectivity index (χ1n) is 11.3. The molecule has 1 aliphatic carbocycles. The molecule has 0 atom stereocenters. The summed E-state index contributed by atoms with van der Waals surface area (Å²) in [5, 5.41) is 7.65. The van der Waals surface area contributed by atoms with E-state index in [0.717, 1.165) is 31.2 Å². The average Bonchev–Trinajstić information content (AvgIpc) is 3.39. The first-order valence-corrected chi connectivity index (χ1v) is 12.7. The van der Waals surface area contributed by atoms with Crippen molar-refractivity contribution in [2.75, 3.05) is 13.1 Å². The summed E-state index contributed by atoms with van der Waals surface area (Å²) in [4.78, 5) is 12.9. The van der Waals surface area contributed by atoms with E-state index in [4.69, 9.17) is 0 Å². The van der Waals surface area contributed by atoms with Gasteiger partial charge in [-0.1, -0.05) is 31.4 Å². The molecule has 4 rings (SSSR count). The molecule has 0 radical (unpaired) electrons. The van der Waals surface area contributed by atoms with Crippen LogP contribution in [-0.4, -0.2) is 47.5 Å². The minimum Gasteiger partial charge on any atom is -0.349 e. The van der Waals surface area contributed by atoms with Gasteiger partial charge in [-0.05, 0) is 57.2 Å². The lowest BCUT2D eigenvalue weighted by Gasteiger charge is -2.22. The minimum absolute atomic E-state index is 0.0245. The van der Waals surface area contributed by atoms with Crippen molar-refractivity contribution in [2.24, 2.45) is 0 Å². The van der Waals surface area contributed by atoms with Crippen LogP contribution in [0.1, 0.15) is 72.3 Å². The number of hydrogen-bond acceptors (Lipinski definition) is 4. The smallest absolute Gasteiger partial charge is 0.251 e. The van der Waals surface area contributed by atoms with Gasteiger partial charge in [-0.15, -0.1) is 0 Å². The molecule has 168 valence electrons. The highest BCUT2D eigenvalue weighted by Gasteiger charge is 2.32. The normalized spacial score (nSPS) is 18.4. The van der Waals surface area contributed by atoms with Gasteiger partial charge in [-0.2, -0.15) is 9.40 Å². The summed E-state index contributed by atoms with van der Waals surface area (Å²) < 4.78 is 29.4. The molecule has 1 saturated heterocycles. The molecule has 1 saturated carbocycles. The highest BCUT2D eigenvalue weighted by Crippen LogP contribution is 2.27. The lowest BCUT2D eigenvalue weighted by Crippen LogP contribution is -2.36. The molecule has 31 heavy (non-hydrogen) atoms. The zero-order chi connectivity index (χ0) is 22.0. The molecule has 2 fully saturated rings. The molecule has 0 bridgehead atoms. The third kappa shape index (κ3) is 4.70. The van der Waals surface area contributed by atoms with E-state index >= 15 is 0 Å².